The number of aromatic hydroxyl groups is 2. The number of benzene rings is 1. The van der Waals surface area contributed by atoms with Gasteiger partial charge >= 0.3 is 0 Å². The molecule has 0 atom stereocenters. The molecule has 3 N–H and O–H groups in total. The third-order valence-corrected chi connectivity index (χ3v) is 2.47. The van der Waals surface area contributed by atoms with Crippen LogP contribution in [-0.4, -0.2) is 25.9 Å². The zero-order chi connectivity index (χ0) is 13.1. The van der Waals surface area contributed by atoms with Gasteiger partial charge in [0.1, 0.15) is 0 Å². The maximum atomic E-state index is 11.9. The number of para-hydroxylation sites is 1. The molecular weight excluding hydrogens is 234 g/mol. The van der Waals surface area contributed by atoms with Gasteiger partial charge in [-0.15, -0.1) is 0 Å². The molecule has 1 aromatic heterocycles. The van der Waals surface area contributed by atoms with Crippen molar-refractivity contribution in [2.75, 3.05) is 5.32 Å². The third-order valence-electron chi connectivity index (χ3n) is 2.47. The predicted molar refractivity (Wildman–Crippen MR) is 65.6 cm³/mol. The molecule has 0 saturated heterocycles. The van der Waals surface area contributed by atoms with Gasteiger partial charge in [-0.2, -0.15) is 5.10 Å². The Hall–Kier alpha value is -2.50. The van der Waals surface area contributed by atoms with Crippen molar-refractivity contribution in [1.29, 1.82) is 0 Å². The standard InChI is InChI=1S/C12H13N3O3/c1-2-15-7-6-10(14-15)13-12(18)8-4-3-5-9(16)11(8)17/h3-7,16-17H,2H2,1H3,(H,13,14,18). The summed E-state index contributed by atoms with van der Waals surface area (Å²) in [6, 6.07) is 5.86. The summed E-state index contributed by atoms with van der Waals surface area (Å²) in [4.78, 5) is 11.9. The molecule has 2 rings (SSSR count). The molecule has 94 valence electrons. The smallest absolute Gasteiger partial charge is 0.260 e. The topological polar surface area (TPSA) is 87.4 Å². The lowest BCUT2D eigenvalue weighted by atomic mass is 10.1. The van der Waals surface area contributed by atoms with Crippen molar-refractivity contribution < 1.29 is 15.0 Å². The SMILES string of the molecule is CCn1ccc(NC(=O)c2cccc(O)c2O)n1. The number of phenols is 2. The molecule has 0 aliphatic rings. The van der Waals surface area contributed by atoms with Gasteiger partial charge in [-0.05, 0) is 19.1 Å². The van der Waals surface area contributed by atoms with Gasteiger partial charge in [0.25, 0.3) is 5.91 Å². The fourth-order valence-electron chi connectivity index (χ4n) is 1.50. The molecule has 0 bridgehead atoms. The summed E-state index contributed by atoms with van der Waals surface area (Å²) in [6.45, 7) is 2.63. The van der Waals surface area contributed by atoms with Crippen molar-refractivity contribution in [2.45, 2.75) is 13.5 Å². The van der Waals surface area contributed by atoms with Crippen LogP contribution in [0.5, 0.6) is 11.5 Å². The molecule has 18 heavy (non-hydrogen) atoms. The van der Waals surface area contributed by atoms with Crippen LogP contribution in [0, 0.1) is 0 Å². The minimum absolute atomic E-state index is 0.000971. The van der Waals surface area contributed by atoms with Gasteiger partial charge in [0.2, 0.25) is 0 Å². The number of aryl methyl sites for hydroxylation is 1. The highest BCUT2D eigenvalue weighted by Gasteiger charge is 2.14. The Balaban J connectivity index is 2.19. The molecule has 1 heterocycles. The van der Waals surface area contributed by atoms with Crippen molar-refractivity contribution in [1.82, 2.24) is 9.78 Å². The maximum absolute atomic E-state index is 11.9. The van der Waals surface area contributed by atoms with Gasteiger partial charge in [0.15, 0.2) is 17.3 Å². The number of rotatable bonds is 3. The predicted octanol–water partition coefficient (Wildman–Crippen LogP) is 1.57. The second kappa shape index (κ2) is 4.79. The first-order valence-corrected chi connectivity index (χ1v) is 5.47. The Bertz CT molecular complexity index is 578. The lowest BCUT2D eigenvalue weighted by molar-refractivity contribution is 0.102. The number of phenolic OH excluding ortho intramolecular Hbond substituents is 2. The summed E-state index contributed by atoms with van der Waals surface area (Å²) >= 11 is 0. The molecule has 1 amide bonds. The first-order valence-electron chi connectivity index (χ1n) is 5.47. The number of amides is 1. The van der Waals surface area contributed by atoms with Crippen molar-refractivity contribution >= 4 is 11.7 Å². The Morgan fingerprint density at radius 1 is 1.39 bits per heavy atom. The Labute approximate surface area is 103 Å². The van der Waals surface area contributed by atoms with Crippen LogP contribution in [0.1, 0.15) is 17.3 Å². The van der Waals surface area contributed by atoms with Gasteiger partial charge in [-0.25, -0.2) is 0 Å². The molecule has 0 spiro atoms. The van der Waals surface area contributed by atoms with Gasteiger partial charge in [-0.1, -0.05) is 6.07 Å². The van der Waals surface area contributed by atoms with E-state index in [2.05, 4.69) is 10.4 Å². The molecule has 0 fully saturated rings. The van der Waals surface area contributed by atoms with E-state index in [-0.39, 0.29) is 11.3 Å². The summed E-state index contributed by atoms with van der Waals surface area (Å²) in [5.74, 6) is -0.902. The number of hydrogen-bond donors (Lipinski definition) is 3. The molecule has 1 aromatic carbocycles. The first-order chi connectivity index (χ1) is 8.61. The zero-order valence-electron chi connectivity index (χ0n) is 9.79. The van der Waals surface area contributed by atoms with E-state index in [0.717, 1.165) is 0 Å². The molecule has 2 aromatic rings. The van der Waals surface area contributed by atoms with Crippen LogP contribution in [-0.2, 0) is 6.54 Å². The molecule has 0 radical (unpaired) electrons. The van der Waals surface area contributed by atoms with E-state index in [1.807, 2.05) is 6.92 Å². The van der Waals surface area contributed by atoms with Gasteiger partial charge < -0.3 is 15.5 Å². The van der Waals surface area contributed by atoms with E-state index < -0.39 is 11.7 Å². The highest BCUT2D eigenvalue weighted by atomic mass is 16.3. The largest absolute Gasteiger partial charge is 0.504 e. The Morgan fingerprint density at radius 3 is 2.83 bits per heavy atom. The Morgan fingerprint density at radius 2 is 2.17 bits per heavy atom. The fourth-order valence-corrected chi connectivity index (χ4v) is 1.50. The van der Waals surface area contributed by atoms with E-state index in [1.54, 1.807) is 16.9 Å². The van der Waals surface area contributed by atoms with Crippen molar-refractivity contribution in [3.63, 3.8) is 0 Å². The number of nitrogens with one attached hydrogen (secondary N) is 1. The Kier molecular flexibility index (Phi) is 3.18. The van der Waals surface area contributed by atoms with Gasteiger partial charge in [0, 0.05) is 18.8 Å². The molecule has 0 unspecified atom stereocenters. The second-order valence-corrected chi connectivity index (χ2v) is 3.68. The summed E-state index contributed by atoms with van der Waals surface area (Å²) in [5.41, 5.74) is 0.000971. The van der Waals surface area contributed by atoms with E-state index >= 15 is 0 Å². The van der Waals surface area contributed by atoms with Crippen LogP contribution in [0.4, 0.5) is 5.82 Å². The highest BCUT2D eigenvalue weighted by Crippen LogP contribution is 2.28. The van der Waals surface area contributed by atoms with Crippen molar-refractivity contribution in [3.05, 3.63) is 36.0 Å². The molecular formula is C12H13N3O3. The van der Waals surface area contributed by atoms with E-state index in [0.29, 0.717) is 12.4 Å². The van der Waals surface area contributed by atoms with E-state index in [9.17, 15) is 15.0 Å². The second-order valence-electron chi connectivity index (χ2n) is 3.68. The molecule has 0 aliphatic heterocycles. The van der Waals surface area contributed by atoms with Crippen LogP contribution in [0.3, 0.4) is 0 Å². The van der Waals surface area contributed by atoms with E-state index in [4.69, 9.17) is 0 Å². The minimum atomic E-state index is -0.523. The average Bonchev–Trinajstić information content (AvgIpc) is 2.80. The molecule has 6 nitrogen and oxygen atoms in total. The average molecular weight is 247 g/mol. The lowest BCUT2D eigenvalue weighted by Crippen LogP contribution is -2.12. The van der Waals surface area contributed by atoms with Crippen molar-refractivity contribution in [2.24, 2.45) is 0 Å². The monoisotopic (exact) mass is 247 g/mol. The highest BCUT2D eigenvalue weighted by molar-refractivity contribution is 6.06. The van der Waals surface area contributed by atoms with Crippen LogP contribution in [0.25, 0.3) is 0 Å². The van der Waals surface area contributed by atoms with Crippen molar-refractivity contribution in [3.8, 4) is 11.5 Å². The van der Waals surface area contributed by atoms with Crippen LogP contribution >= 0.6 is 0 Å². The number of carbonyl (C=O) groups is 1. The number of carbonyl (C=O) groups excluding carboxylic acids is 1. The quantitative estimate of drug-likeness (QED) is 0.718. The maximum Gasteiger partial charge on any atom is 0.260 e. The summed E-state index contributed by atoms with van der Waals surface area (Å²) < 4.78 is 1.66. The van der Waals surface area contributed by atoms with Crippen LogP contribution in [0.2, 0.25) is 0 Å². The third kappa shape index (κ3) is 2.27. The van der Waals surface area contributed by atoms with E-state index in [1.165, 1.54) is 18.2 Å². The number of aromatic nitrogens is 2. The number of hydrogen-bond acceptors (Lipinski definition) is 4. The van der Waals surface area contributed by atoms with Crippen LogP contribution in [0.15, 0.2) is 30.5 Å². The molecule has 0 saturated carbocycles. The molecule has 6 heteroatoms. The number of anilines is 1. The zero-order valence-corrected chi connectivity index (χ0v) is 9.79. The normalized spacial score (nSPS) is 10.3. The minimum Gasteiger partial charge on any atom is -0.504 e. The summed E-state index contributed by atoms with van der Waals surface area (Å²) in [6.07, 6.45) is 1.73. The summed E-state index contributed by atoms with van der Waals surface area (Å²) in [7, 11) is 0. The first kappa shape index (κ1) is 12.0. The number of nitrogens with zero attached hydrogens (tertiary/aromatic N) is 2. The molecule has 0 aliphatic carbocycles. The van der Waals surface area contributed by atoms with Crippen LogP contribution < -0.4 is 5.32 Å². The van der Waals surface area contributed by atoms with Gasteiger partial charge in [-0.3, -0.25) is 9.48 Å². The lowest BCUT2D eigenvalue weighted by Gasteiger charge is -2.05. The fraction of sp³-hybridized carbons (Fsp3) is 0.167. The van der Waals surface area contributed by atoms with Gasteiger partial charge in [0.05, 0.1) is 5.56 Å². The summed E-state index contributed by atoms with van der Waals surface area (Å²) in [5, 5.41) is 25.5.